The van der Waals surface area contributed by atoms with Gasteiger partial charge in [0.2, 0.25) is 5.91 Å². The second kappa shape index (κ2) is 11.8. The van der Waals surface area contributed by atoms with Gasteiger partial charge in [0.1, 0.15) is 5.60 Å². The Morgan fingerprint density at radius 1 is 1.12 bits per heavy atom. The molecule has 8 nitrogen and oxygen atoms in total. The molecule has 33 heavy (non-hydrogen) atoms. The molecule has 0 unspecified atom stereocenters. The summed E-state index contributed by atoms with van der Waals surface area (Å²) < 4.78 is 5.22. The maximum Gasteiger partial charge on any atom is 0.407 e. The maximum atomic E-state index is 12.8. The molecule has 2 rings (SSSR count). The van der Waals surface area contributed by atoms with E-state index in [1.165, 1.54) is 0 Å². The van der Waals surface area contributed by atoms with E-state index in [0.29, 0.717) is 32.4 Å². The number of carboxylic acid groups (broad SMARTS) is 1. The van der Waals surface area contributed by atoms with Crippen LogP contribution in [0.15, 0.2) is 24.3 Å². The normalized spacial score (nSPS) is 16.8. The van der Waals surface area contributed by atoms with Gasteiger partial charge in [-0.1, -0.05) is 31.2 Å². The summed E-state index contributed by atoms with van der Waals surface area (Å²) in [5.41, 5.74) is 1.39. The summed E-state index contributed by atoms with van der Waals surface area (Å²) in [5.74, 6) is -1.41. The lowest BCUT2D eigenvalue weighted by Gasteiger charge is -2.26. The lowest BCUT2D eigenvalue weighted by Crippen LogP contribution is -2.43. The molecular formula is C25H36N2O6. The standard InChI is InChI=1S/C25H36N2O6/c1-17(7-14-22(29)30)23(31)27-15-5-6-20(27)21(28)13-12-18-8-10-19(11-9-18)16-26-24(32)33-25(2,3)4/h8-11,17,20H,5-7,12-16H2,1-4H3,(H,26,32)(H,29,30)/t17-,20+/m1/s1. The van der Waals surface area contributed by atoms with Crippen LogP contribution in [0.5, 0.6) is 0 Å². The predicted octanol–water partition coefficient (Wildman–Crippen LogP) is 3.70. The number of alkyl carbamates (subject to hydrolysis) is 1. The summed E-state index contributed by atoms with van der Waals surface area (Å²) in [6.45, 7) is 8.06. The highest BCUT2D eigenvalue weighted by atomic mass is 16.6. The summed E-state index contributed by atoms with van der Waals surface area (Å²) >= 11 is 0. The van der Waals surface area contributed by atoms with Gasteiger partial charge in [-0.15, -0.1) is 0 Å². The number of amides is 2. The predicted molar refractivity (Wildman–Crippen MR) is 124 cm³/mol. The Morgan fingerprint density at radius 3 is 2.36 bits per heavy atom. The van der Waals surface area contributed by atoms with E-state index in [1.807, 2.05) is 45.0 Å². The van der Waals surface area contributed by atoms with Crippen molar-refractivity contribution >= 4 is 23.8 Å². The molecule has 0 aromatic heterocycles. The van der Waals surface area contributed by atoms with Crippen LogP contribution in [0.3, 0.4) is 0 Å². The number of likely N-dealkylation sites (tertiary alicyclic amines) is 1. The summed E-state index contributed by atoms with van der Waals surface area (Å²) in [5, 5.41) is 11.6. The van der Waals surface area contributed by atoms with Crippen molar-refractivity contribution in [3.63, 3.8) is 0 Å². The molecule has 1 saturated heterocycles. The van der Waals surface area contributed by atoms with Crippen LogP contribution in [0.2, 0.25) is 0 Å². The number of rotatable bonds is 10. The second-order valence-electron chi connectivity index (χ2n) is 9.66. The van der Waals surface area contributed by atoms with Crippen LogP contribution in [-0.2, 0) is 32.1 Å². The summed E-state index contributed by atoms with van der Waals surface area (Å²) in [4.78, 5) is 49.7. The molecule has 0 spiro atoms. The fourth-order valence-corrected chi connectivity index (χ4v) is 3.86. The Morgan fingerprint density at radius 2 is 1.76 bits per heavy atom. The molecule has 0 saturated carbocycles. The first-order valence-corrected chi connectivity index (χ1v) is 11.6. The number of nitrogens with one attached hydrogen (secondary N) is 1. The van der Waals surface area contributed by atoms with Crippen molar-refractivity contribution in [2.75, 3.05) is 6.54 Å². The number of ether oxygens (including phenoxy) is 1. The summed E-state index contributed by atoms with van der Waals surface area (Å²) in [7, 11) is 0. The molecule has 1 fully saturated rings. The van der Waals surface area contributed by atoms with Gasteiger partial charge in [0.25, 0.3) is 0 Å². The average Bonchev–Trinajstić information content (AvgIpc) is 3.23. The van der Waals surface area contributed by atoms with Gasteiger partial charge in [0, 0.05) is 31.8 Å². The lowest BCUT2D eigenvalue weighted by atomic mass is 9.99. The SMILES string of the molecule is C[C@H](CCC(=O)O)C(=O)N1CCC[C@H]1C(=O)CCc1ccc(CNC(=O)OC(C)(C)C)cc1. The molecule has 1 heterocycles. The maximum absolute atomic E-state index is 12.8. The summed E-state index contributed by atoms with van der Waals surface area (Å²) in [6, 6.07) is 7.28. The molecule has 2 N–H and O–H groups in total. The Kier molecular flexibility index (Phi) is 9.44. The quantitative estimate of drug-likeness (QED) is 0.550. The third-order valence-corrected chi connectivity index (χ3v) is 5.64. The van der Waals surface area contributed by atoms with Crippen molar-refractivity contribution in [1.29, 1.82) is 0 Å². The van der Waals surface area contributed by atoms with Crippen molar-refractivity contribution in [2.45, 2.75) is 84.4 Å². The van der Waals surface area contributed by atoms with E-state index in [9.17, 15) is 19.2 Å². The monoisotopic (exact) mass is 460 g/mol. The second-order valence-corrected chi connectivity index (χ2v) is 9.66. The van der Waals surface area contributed by atoms with Gasteiger partial charge in [-0.05, 0) is 57.6 Å². The van der Waals surface area contributed by atoms with Crippen molar-refractivity contribution in [2.24, 2.45) is 5.92 Å². The van der Waals surface area contributed by atoms with E-state index in [1.54, 1.807) is 11.8 Å². The molecule has 2 atom stereocenters. The molecule has 0 bridgehead atoms. The minimum atomic E-state index is -0.921. The first-order valence-electron chi connectivity index (χ1n) is 11.6. The van der Waals surface area contributed by atoms with E-state index in [2.05, 4.69) is 5.32 Å². The lowest BCUT2D eigenvalue weighted by molar-refractivity contribution is -0.142. The summed E-state index contributed by atoms with van der Waals surface area (Å²) in [6.07, 6.45) is 2.12. The van der Waals surface area contributed by atoms with E-state index in [-0.39, 0.29) is 24.5 Å². The third-order valence-electron chi connectivity index (χ3n) is 5.64. The molecule has 1 aromatic rings. The zero-order valence-corrected chi connectivity index (χ0v) is 20.1. The van der Waals surface area contributed by atoms with Gasteiger partial charge >= 0.3 is 12.1 Å². The highest BCUT2D eigenvalue weighted by molar-refractivity contribution is 5.90. The van der Waals surface area contributed by atoms with Gasteiger partial charge in [-0.2, -0.15) is 0 Å². The van der Waals surface area contributed by atoms with Gasteiger partial charge in [-0.3, -0.25) is 14.4 Å². The third kappa shape index (κ3) is 8.86. The zero-order valence-electron chi connectivity index (χ0n) is 20.1. The average molecular weight is 461 g/mol. The van der Waals surface area contributed by atoms with Crippen molar-refractivity contribution < 1.29 is 29.0 Å². The number of carbonyl (C=O) groups is 4. The van der Waals surface area contributed by atoms with Crippen LogP contribution >= 0.6 is 0 Å². The zero-order chi connectivity index (χ0) is 24.6. The fraction of sp³-hybridized carbons (Fsp3) is 0.600. The molecule has 0 aliphatic carbocycles. The number of benzene rings is 1. The first kappa shape index (κ1) is 26.4. The van der Waals surface area contributed by atoms with E-state index >= 15 is 0 Å². The first-order chi connectivity index (χ1) is 15.5. The molecule has 1 aromatic carbocycles. The minimum Gasteiger partial charge on any atom is -0.481 e. The molecule has 0 radical (unpaired) electrons. The van der Waals surface area contributed by atoms with Crippen LogP contribution in [0.1, 0.15) is 70.9 Å². The number of hydrogen-bond acceptors (Lipinski definition) is 5. The van der Waals surface area contributed by atoms with E-state index < -0.39 is 29.6 Å². The van der Waals surface area contributed by atoms with Gasteiger partial charge < -0.3 is 20.1 Å². The molecular weight excluding hydrogens is 424 g/mol. The van der Waals surface area contributed by atoms with Crippen molar-refractivity contribution in [3.05, 3.63) is 35.4 Å². The number of Topliss-reactive ketones (excluding diaryl/α,β-unsaturated/α-hetero) is 1. The van der Waals surface area contributed by atoms with Crippen LogP contribution in [-0.4, -0.2) is 51.9 Å². The number of nitrogens with zero attached hydrogens (tertiary/aromatic N) is 1. The van der Waals surface area contributed by atoms with Gasteiger partial charge in [0.15, 0.2) is 5.78 Å². The molecule has 2 amide bonds. The van der Waals surface area contributed by atoms with Crippen molar-refractivity contribution in [3.8, 4) is 0 Å². The molecule has 8 heteroatoms. The molecule has 1 aliphatic heterocycles. The van der Waals surface area contributed by atoms with E-state index in [4.69, 9.17) is 9.84 Å². The van der Waals surface area contributed by atoms with Gasteiger partial charge in [0.05, 0.1) is 6.04 Å². The van der Waals surface area contributed by atoms with Crippen LogP contribution < -0.4 is 5.32 Å². The number of ketones is 1. The molecule has 1 aliphatic rings. The number of aliphatic carboxylic acids is 1. The van der Waals surface area contributed by atoms with Crippen LogP contribution in [0.4, 0.5) is 4.79 Å². The van der Waals surface area contributed by atoms with Crippen molar-refractivity contribution in [1.82, 2.24) is 10.2 Å². The number of aryl methyl sites for hydroxylation is 1. The number of carboxylic acids is 1. The number of hydrogen-bond donors (Lipinski definition) is 2. The van der Waals surface area contributed by atoms with E-state index in [0.717, 1.165) is 17.5 Å². The number of carbonyl (C=O) groups excluding carboxylic acids is 3. The highest BCUT2D eigenvalue weighted by Crippen LogP contribution is 2.23. The Hall–Kier alpha value is -2.90. The van der Waals surface area contributed by atoms with Crippen LogP contribution in [0, 0.1) is 5.92 Å². The minimum absolute atomic E-state index is 0.0435. The Bertz CT molecular complexity index is 843. The molecule has 182 valence electrons. The smallest absolute Gasteiger partial charge is 0.407 e. The largest absolute Gasteiger partial charge is 0.481 e. The van der Waals surface area contributed by atoms with Gasteiger partial charge in [-0.25, -0.2) is 4.79 Å². The Labute approximate surface area is 195 Å². The Balaban J connectivity index is 1.82. The highest BCUT2D eigenvalue weighted by Gasteiger charge is 2.35. The van der Waals surface area contributed by atoms with Crippen LogP contribution in [0.25, 0.3) is 0 Å². The fourth-order valence-electron chi connectivity index (χ4n) is 3.86. The topological polar surface area (TPSA) is 113 Å².